The van der Waals surface area contributed by atoms with Crippen LogP contribution in [0.2, 0.25) is 0 Å². The Kier molecular flexibility index (Phi) is 3.84. The van der Waals surface area contributed by atoms with E-state index in [0.29, 0.717) is 11.6 Å². The van der Waals surface area contributed by atoms with Gasteiger partial charge in [-0.1, -0.05) is 12.2 Å². The van der Waals surface area contributed by atoms with Crippen LogP contribution in [0, 0.1) is 18.3 Å². The van der Waals surface area contributed by atoms with Crippen LogP contribution in [0.25, 0.3) is 6.08 Å². The summed E-state index contributed by atoms with van der Waals surface area (Å²) >= 11 is 0. The molecule has 0 amide bonds. The number of allylic oxidation sites excluding steroid dienone is 1. The molecule has 2 heterocycles. The highest BCUT2D eigenvalue weighted by molar-refractivity contribution is 5.55. The molecule has 0 aliphatic rings. The maximum absolute atomic E-state index is 8.67. The van der Waals surface area contributed by atoms with E-state index in [4.69, 9.17) is 5.26 Å². The van der Waals surface area contributed by atoms with E-state index in [1.54, 1.807) is 24.5 Å². The van der Waals surface area contributed by atoms with Crippen molar-refractivity contribution in [2.24, 2.45) is 0 Å². The summed E-state index contributed by atoms with van der Waals surface area (Å²) in [5, 5.41) is 11.7. The Labute approximate surface area is 111 Å². The van der Waals surface area contributed by atoms with Crippen LogP contribution in [0.4, 0.5) is 11.6 Å². The van der Waals surface area contributed by atoms with Gasteiger partial charge in [0.2, 0.25) is 5.95 Å². The van der Waals surface area contributed by atoms with Crippen LogP contribution in [0.3, 0.4) is 0 Å². The van der Waals surface area contributed by atoms with E-state index in [0.717, 1.165) is 16.9 Å². The van der Waals surface area contributed by atoms with Gasteiger partial charge in [-0.15, -0.1) is 0 Å². The minimum absolute atomic E-state index is 0.381. The molecule has 0 saturated heterocycles. The lowest BCUT2D eigenvalue weighted by Gasteiger charge is -2.06. The van der Waals surface area contributed by atoms with Gasteiger partial charge in [-0.25, -0.2) is 15.0 Å². The van der Waals surface area contributed by atoms with Crippen LogP contribution in [-0.4, -0.2) is 15.0 Å². The Balaban J connectivity index is 2.19. The molecule has 94 valence electrons. The van der Waals surface area contributed by atoms with Gasteiger partial charge in [0, 0.05) is 11.8 Å². The average molecular weight is 251 g/mol. The summed E-state index contributed by atoms with van der Waals surface area (Å²) in [5.74, 6) is 0.511. The number of nitrogens with one attached hydrogen (secondary N) is 1. The van der Waals surface area contributed by atoms with Crippen molar-refractivity contribution in [3.63, 3.8) is 0 Å². The standard InChI is InChI=1S/C14H13N5/c1-3-4-11-8-17-14(18-10(11)2)19-13-6-5-12(7-15)16-9-13/h3-6,8-9H,1-2H3,(H,17,18,19)/b4-3+. The molecule has 5 nitrogen and oxygen atoms in total. The third-order valence-electron chi connectivity index (χ3n) is 2.50. The Morgan fingerprint density at radius 2 is 2.11 bits per heavy atom. The summed E-state index contributed by atoms with van der Waals surface area (Å²) in [4.78, 5) is 12.6. The zero-order valence-corrected chi connectivity index (χ0v) is 10.8. The highest BCUT2D eigenvalue weighted by Crippen LogP contribution is 2.14. The van der Waals surface area contributed by atoms with E-state index in [1.165, 1.54) is 0 Å². The lowest BCUT2D eigenvalue weighted by Crippen LogP contribution is -2.00. The number of hydrogen-bond acceptors (Lipinski definition) is 5. The summed E-state index contributed by atoms with van der Waals surface area (Å²) in [7, 11) is 0. The first kappa shape index (κ1) is 12.7. The zero-order valence-electron chi connectivity index (χ0n) is 10.8. The maximum Gasteiger partial charge on any atom is 0.227 e. The smallest absolute Gasteiger partial charge is 0.227 e. The quantitative estimate of drug-likeness (QED) is 0.907. The second-order valence-electron chi connectivity index (χ2n) is 3.90. The lowest BCUT2D eigenvalue weighted by molar-refractivity contribution is 1.09. The minimum Gasteiger partial charge on any atom is -0.323 e. The largest absolute Gasteiger partial charge is 0.323 e. The Hall–Kier alpha value is -2.74. The van der Waals surface area contributed by atoms with Crippen LogP contribution in [0.1, 0.15) is 23.9 Å². The average Bonchev–Trinajstić information content (AvgIpc) is 2.43. The van der Waals surface area contributed by atoms with Gasteiger partial charge >= 0.3 is 0 Å². The van der Waals surface area contributed by atoms with Crippen LogP contribution in [0.5, 0.6) is 0 Å². The predicted octanol–water partition coefficient (Wildman–Crippen LogP) is 2.83. The van der Waals surface area contributed by atoms with Gasteiger partial charge in [-0.05, 0) is 26.0 Å². The molecule has 0 saturated carbocycles. The summed E-state index contributed by atoms with van der Waals surface area (Å²) < 4.78 is 0. The zero-order chi connectivity index (χ0) is 13.7. The molecular formula is C14H13N5. The summed E-state index contributed by atoms with van der Waals surface area (Å²) in [6.07, 6.45) is 7.25. The van der Waals surface area contributed by atoms with Gasteiger partial charge in [-0.2, -0.15) is 5.26 Å². The lowest BCUT2D eigenvalue weighted by atomic mass is 10.2. The van der Waals surface area contributed by atoms with Crippen molar-refractivity contribution >= 4 is 17.7 Å². The van der Waals surface area contributed by atoms with Gasteiger partial charge in [0.05, 0.1) is 17.6 Å². The summed E-state index contributed by atoms with van der Waals surface area (Å²) in [6.45, 7) is 3.88. The Morgan fingerprint density at radius 3 is 2.68 bits per heavy atom. The fraction of sp³-hybridized carbons (Fsp3) is 0.143. The van der Waals surface area contributed by atoms with Gasteiger partial charge in [-0.3, -0.25) is 0 Å². The van der Waals surface area contributed by atoms with Crippen LogP contribution >= 0.6 is 0 Å². The van der Waals surface area contributed by atoms with E-state index < -0.39 is 0 Å². The van der Waals surface area contributed by atoms with Gasteiger partial charge in [0.15, 0.2) is 0 Å². The molecule has 1 N–H and O–H groups in total. The van der Waals surface area contributed by atoms with Crippen molar-refractivity contribution in [2.75, 3.05) is 5.32 Å². The second kappa shape index (κ2) is 5.74. The first-order valence-corrected chi connectivity index (χ1v) is 5.82. The normalized spacial score (nSPS) is 10.4. The molecule has 0 bridgehead atoms. The van der Waals surface area contributed by atoms with E-state index in [2.05, 4.69) is 20.3 Å². The van der Waals surface area contributed by atoms with Crippen molar-refractivity contribution < 1.29 is 0 Å². The van der Waals surface area contributed by atoms with E-state index in [-0.39, 0.29) is 0 Å². The number of pyridine rings is 1. The molecule has 2 aromatic rings. The fourth-order valence-corrected chi connectivity index (χ4v) is 1.54. The number of nitrogens with zero attached hydrogens (tertiary/aromatic N) is 4. The van der Waals surface area contributed by atoms with Crippen molar-refractivity contribution in [2.45, 2.75) is 13.8 Å². The minimum atomic E-state index is 0.381. The molecule has 0 spiro atoms. The number of nitriles is 1. The Morgan fingerprint density at radius 1 is 1.26 bits per heavy atom. The topological polar surface area (TPSA) is 74.5 Å². The molecule has 0 unspecified atom stereocenters. The van der Waals surface area contributed by atoms with Crippen LogP contribution < -0.4 is 5.32 Å². The molecular weight excluding hydrogens is 238 g/mol. The third-order valence-corrected chi connectivity index (χ3v) is 2.50. The maximum atomic E-state index is 8.67. The molecule has 0 aliphatic carbocycles. The number of rotatable bonds is 3. The second-order valence-corrected chi connectivity index (χ2v) is 3.90. The molecule has 0 radical (unpaired) electrons. The van der Waals surface area contributed by atoms with Crippen molar-refractivity contribution in [1.82, 2.24) is 15.0 Å². The van der Waals surface area contributed by atoms with E-state index in [1.807, 2.05) is 32.1 Å². The predicted molar refractivity (Wildman–Crippen MR) is 73.7 cm³/mol. The molecule has 2 aromatic heterocycles. The number of aromatic nitrogens is 3. The van der Waals surface area contributed by atoms with E-state index >= 15 is 0 Å². The van der Waals surface area contributed by atoms with Crippen LogP contribution in [-0.2, 0) is 0 Å². The third kappa shape index (κ3) is 3.13. The van der Waals surface area contributed by atoms with E-state index in [9.17, 15) is 0 Å². The fourth-order valence-electron chi connectivity index (χ4n) is 1.54. The molecule has 0 fully saturated rings. The molecule has 0 aliphatic heterocycles. The molecule has 0 atom stereocenters. The van der Waals surface area contributed by atoms with Crippen LogP contribution in [0.15, 0.2) is 30.6 Å². The van der Waals surface area contributed by atoms with Gasteiger partial charge in [0.1, 0.15) is 11.8 Å². The summed E-state index contributed by atoms with van der Waals surface area (Å²) in [5.41, 5.74) is 3.02. The first-order valence-electron chi connectivity index (χ1n) is 5.82. The number of hydrogen-bond donors (Lipinski definition) is 1. The molecule has 5 heteroatoms. The SMILES string of the molecule is C/C=C/c1cnc(Nc2ccc(C#N)nc2)nc1C. The van der Waals surface area contributed by atoms with Crippen molar-refractivity contribution in [1.29, 1.82) is 5.26 Å². The van der Waals surface area contributed by atoms with Gasteiger partial charge < -0.3 is 5.32 Å². The number of aryl methyl sites for hydroxylation is 1. The highest BCUT2D eigenvalue weighted by atomic mass is 15.1. The molecule has 0 aromatic carbocycles. The van der Waals surface area contributed by atoms with Crippen molar-refractivity contribution in [3.8, 4) is 6.07 Å². The number of anilines is 2. The first-order chi connectivity index (χ1) is 9.22. The van der Waals surface area contributed by atoms with Crippen molar-refractivity contribution in [3.05, 3.63) is 47.6 Å². The monoisotopic (exact) mass is 251 g/mol. The Bertz CT molecular complexity index is 638. The summed E-state index contributed by atoms with van der Waals surface area (Å²) in [6, 6.07) is 5.38. The van der Waals surface area contributed by atoms with Gasteiger partial charge in [0.25, 0.3) is 0 Å². The molecule has 2 rings (SSSR count). The molecule has 19 heavy (non-hydrogen) atoms. The highest BCUT2D eigenvalue weighted by Gasteiger charge is 2.02.